The van der Waals surface area contributed by atoms with Crippen molar-refractivity contribution in [2.75, 3.05) is 33.4 Å². The van der Waals surface area contributed by atoms with Gasteiger partial charge in [-0.3, -0.25) is 4.90 Å². The highest BCUT2D eigenvalue weighted by Crippen LogP contribution is 2.30. The summed E-state index contributed by atoms with van der Waals surface area (Å²) in [7, 11) is 1.43. The molecule has 0 aliphatic carbocycles. The van der Waals surface area contributed by atoms with Gasteiger partial charge in [0.25, 0.3) is 0 Å². The summed E-state index contributed by atoms with van der Waals surface area (Å²) in [6, 6.07) is 9.76. The van der Waals surface area contributed by atoms with E-state index in [1.807, 2.05) is 37.3 Å². The molecule has 4 nitrogen and oxygen atoms in total. The van der Waals surface area contributed by atoms with Gasteiger partial charge in [0, 0.05) is 13.1 Å². The number of ether oxygens (including phenoxy) is 2. The van der Waals surface area contributed by atoms with Crippen LogP contribution < -0.4 is 0 Å². The van der Waals surface area contributed by atoms with E-state index in [-0.39, 0.29) is 5.97 Å². The highest BCUT2D eigenvalue weighted by Gasteiger charge is 2.42. The van der Waals surface area contributed by atoms with Gasteiger partial charge in [-0.2, -0.15) is 0 Å². The Hall–Kier alpha value is -1.39. The molecule has 2 rings (SSSR count). The second-order valence-corrected chi connectivity index (χ2v) is 4.53. The number of morpholine rings is 1. The van der Waals surface area contributed by atoms with Crippen LogP contribution in [0.1, 0.15) is 12.5 Å². The number of rotatable bonds is 3. The number of nitrogens with zero attached hydrogens (tertiary/aromatic N) is 1. The number of esters is 1. The van der Waals surface area contributed by atoms with Crippen molar-refractivity contribution in [3.63, 3.8) is 0 Å². The Morgan fingerprint density at radius 2 is 1.89 bits per heavy atom. The predicted molar refractivity (Wildman–Crippen MR) is 68.2 cm³/mol. The highest BCUT2D eigenvalue weighted by atomic mass is 16.5. The summed E-state index contributed by atoms with van der Waals surface area (Å²) in [5, 5.41) is 0. The first kappa shape index (κ1) is 13.1. The first-order chi connectivity index (χ1) is 8.69. The number of carbonyl (C=O) groups is 1. The van der Waals surface area contributed by atoms with Gasteiger partial charge in [0.05, 0.1) is 20.3 Å². The molecule has 0 saturated carbocycles. The normalized spacial score (nSPS) is 20.1. The molecule has 0 N–H and O–H groups in total. The fourth-order valence-corrected chi connectivity index (χ4v) is 2.40. The SMILES string of the molecule is COC(=O)C(C)(c1ccccc1)N1CCOCC1. The van der Waals surface area contributed by atoms with Crippen LogP contribution in [0.15, 0.2) is 30.3 Å². The molecule has 0 radical (unpaired) electrons. The van der Waals surface area contributed by atoms with Gasteiger partial charge in [0.15, 0.2) is 0 Å². The Balaban J connectivity index is 2.36. The van der Waals surface area contributed by atoms with Crippen LogP contribution in [0, 0.1) is 0 Å². The zero-order valence-corrected chi connectivity index (χ0v) is 10.9. The number of hydrogen-bond donors (Lipinski definition) is 0. The smallest absolute Gasteiger partial charge is 0.330 e. The van der Waals surface area contributed by atoms with E-state index in [0.717, 1.165) is 18.7 Å². The second-order valence-electron chi connectivity index (χ2n) is 4.53. The fraction of sp³-hybridized carbons (Fsp3) is 0.500. The van der Waals surface area contributed by atoms with E-state index in [2.05, 4.69) is 4.90 Å². The molecule has 1 atom stereocenters. The maximum Gasteiger partial charge on any atom is 0.330 e. The third-order valence-corrected chi connectivity index (χ3v) is 3.56. The lowest BCUT2D eigenvalue weighted by Gasteiger charge is -2.41. The topological polar surface area (TPSA) is 38.8 Å². The van der Waals surface area contributed by atoms with Crippen LogP contribution in [0.2, 0.25) is 0 Å². The largest absolute Gasteiger partial charge is 0.467 e. The van der Waals surface area contributed by atoms with Gasteiger partial charge in [-0.15, -0.1) is 0 Å². The molecule has 1 aromatic rings. The van der Waals surface area contributed by atoms with E-state index < -0.39 is 5.54 Å². The zero-order valence-electron chi connectivity index (χ0n) is 10.9. The van der Waals surface area contributed by atoms with E-state index >= 15 is 0 Å². The van der Waals surface area contributed by atoms with Crippen LogP contribution in [0.5, 0.6) is 0 Å². The van der Waals surface area contributed by atoms with Gasteiger partial charge in [0.2, 0.25) is 0 Å². The molecule has 98 valence electrons. The van der Waals surface area contributed by atoms with Crippen LogP contribution in [0.25, 0.3) is 0 Å². The molecule has 1 aromatic carbocycles. The van der Waals surface area contributed by atoms with Crippen LogP contribution in [-0.2, 0) is 19.8 Å². The van der Waals surface area contributed by atoms with E-state index in [1.54, 1.807) is 0 Å². The van der Waals surface area contributed by atoms with Crippen molar-refractivity contribution in [1.82, 2.24) is 4.90 Å². The lowest BCUT2D eigenvalue weighted by Crippen LogP contribution is -2.54. The van der Waals surface area contributed by atoms with Gasteiger partial charge in [-0.1, -0.05) is 30.3 Å². The predicted octanol–water partition coefficient (Wildman–Crippen LogP) is 1.41. The van der Waals surface area contributed by atoms with E-state index in [1.165, 1.54) is 7.11 Å². The van der Waals surface area contributed by atoms with Crippen molar-refractivity contribution in [1.29, 1.82) is 0 Å². The Kier molecular flexibility index (Phi) is 3.99. The second kappa shape index (κ2) is 5.50. The molecule has 1 aliphatic rings. The lowest BCUT2D eigenvalue weighted by molar-refractivity contribution is -0.158. The standard InChI is InChI=1S/C14H19NO3/c1-14(13(16)17-2,12-6-4-3-5-7-12)15-8-10-18-11-9-15/h3-7H,8-11H2,1-2H3. The molecule has 0 bridgehead atoms. The molecule has 1 aliphatic heterocycles. The summed E-state index contributed by atoms with van der Waals surface area (Å²) < 4.78 is 10.4. The van der Waals surface area contributed by atoms with E-state index in [4.69, 9.17) is 9.47 Å². The third-order valence-electron chi connectivity index (χ3n) is 3.56. The third kappa shape index (κ3) is 2.26. The minimum absolute atomic E-state index is 0.226. The minimum atomic E-state index is -0.736. The molecule has 0 spiro atoms. The fourth-order valence-electron chi connectivity index (χ4n) is 2.40. The van der Waals surface area contributed by atoms with Crippen molar-refractivity contribution in [3.05, 3.63) is 35.9 Å². The van der Waals surface area contributed by atoms with Crippen molar-refractivity contribution in [2.24, 2.45) is 0 Å². The first-order valence-electron chi connectivity index (χ1n) is 6.16. The minimum Gasteiger partial charge on any atom is -0.467 e. The Morgan fingerprint density at radius 1 is 1.28 bits per heavy atom. The zero-order chi connectivity index (χ0) is 13.0. The van der Waals surface area contributed by atoms with E-state index in [0.29, 0.717) is 13.2 Å². The molecule has 1 unspecified atom stereocenters. The molecule has 1 saturated heterocycles. The van der Waals surface area contributed by atoms with Crippen molar-refractivity contribution in [3.8, 4) is 0 Å². The van der Waals surface area contributed by atoms with Gasteiger partial charge in [0.1, 0.15) is 5.54 Å². The number of carbonyl (C=O) groups excluding carboxylic acids is 1. The summed E-state index contributed by atoms with van der Waals surface area (Å²) in [6.45, 7) is 4.69. The Morgan fingerprint density at radius 3 is 2.44 bits per heavy atom. The van der Waals surface area contributed by atoms with Gasteiger partial charge < -0.3 is 9.47 Å². The number of hydrogen-bond acceptors (Lipinski definition) is 4. The van der Waals surface area contributed by atoms with Crippen LogP contribution in [0.4, 0.5) is 0 Å². The molecule has 4 heteroatoms. The summed E-state index contributed by atoms with van der Waals surface area (Å²) >= 11 is 0. The molecule has 1 heterocycles. The molecular weight excluding hydrogens is 230 g/mol. The Labute approximate surface area is 107 Å². The van der Waals surface area contributed by atoms with Crippen molar-refractivity contribution >= 4 is 5.97 Å². The maximum atomic E-state index is 12.2. The van der Waals surface area contributed by atoms with E-state index in [9.17, 15) is 4.79 Å². The van der Waals surface area contributed by atoms with Crippen LogP contribution in [0.3, 0.4) is 0 Å². The molecule has 1 fully saturated rings. The molecular formula is C14H19NO3. The summed E-state index contributed by atoms with van der Waals surface area (Å²) in [5.41, 5.74) is 0.221. The molecule has 18 heavy (non-hydrogen) atoms. The van der Waals surface area contributed by atoms with Crippen molar-refractivity contribution < 1.29 is 14.3 Å². The number of methoxy groups -OCH3 is 1. The van der Waals surface area contributed by atoms with Gasteiger partial charge >= 0.3 is 5.97 Å². The Bertz CT molecular complexity index is 401. The lowest BCUT2D eigenvalue weighted by atomic mass is 9.89. The number of benzene rings is 1. The quantitative estimate of drug-likeness (QED) is 0.759. The maximum absolute atomic E-state index is 12.2. The molecule has 0 amide bonds. The summed E-state index contributed by atoms with van der Waals surface area (Å²) in [5.74, 6) is -0.226. The van der Waals surface area contributed by atoms with Crippen molar-refractivity contribution in [2.45, 2.75) is 12.5 Å². The summed E-state index contributed by atoms with van der Waals surface area (Å²) in [6.07, 6.45) is 0. The summed E-state index contributed by atoms with van der Waals surface area (Å²) in [4.78, 5) is 14.4. The first-order valence-corrected chi connectivity index (χ1v) is 6.16. The average molecular weight is 249 g/mol. The average Bonchev–Trinajstić information content (AvgIpc) is 2.47. The van der Waals surface area contributed by atoms with Crippen LogP contribution in [-0.4, -0.2) is 44.3 Å². The van der Waals surface area contributed by atoms with Crippen LogP contribution >= 0.6 is 0 Å². The highest BCUT2D eigenvalue weighted by molar-refractivity contribution is 5.82. The molecule has 0 aromatic heterocycles. The van der Waals surface area contributed by atoms with Gasteiger partial charge in [-0.25, -0.2) is 4.79 Å². The monoisotopic (exact) mass is 249 g/mol. The van der Waals surface area contributed by atoms with Gasteiger partial charge in [-0.05, 0) is 12.5 Å².